The average Bonchev–Trinajstić information content (AvgIpc) is 2.95. The zero-order valence-electron chi connectivity index (χ0n) is 10.3. The van der Waals surface area contributed by atoms with Crippen LogP contribution in [0.1, 0.15) is 32.4 Å². The minimum atomic E-state index is 0.372. The van der Waals surface area contributed by atoms with Crippen molar-refractivity contribution in [3.05, 3.63) is 11.8 Å². The number of nitrogens with two attached hydrogens (primary N) is 1. The zero-order chi connectivity index (χ0) is 11.7. The average molecular weight is 220 g/mol. The lowest BCUT2D eigenvalue weighted by atomic mass is 10.2. The number of rotatable bonds is 4. The lowest BCUT2D eigenvalue weighted by Gasteiger charge is -2.28. The Morgan fingerprint density at radius 1 is 1.44 bits per heavy atom. The van der Waals surface area contributed by atoms with Gasteiger partial charge in [0.15, 0.2) is 0 Å². The first-order valence-electron chi connectivity index (χ1n) is 5.94. The van der Waals surface area contributed by atoms with E-state index >= 15 is 0 Å². The van der Waals surface area contributed by atoms with E-state index in [0.29, 0.717) is 12.0 Å². The van der Waals surface area contributed by atoms with Gasteiger partial charge in [-0.25, -0.2) is 4.98 Å². The third-order valence-electron chi connectivity index (χ3n) is 2.93. The van der Waals surface area contributed by atoms with Crippen molar-refractivity contribution in [3.63, 3.8) is 0 Å². The zero-order valence-corrected chi connectivity index (χ0v) is 10.3. The maximum Gasteiger partial charge on any atom is 0.222 e. The van der Waals surface area contributed by atoms with Gasteiger partial charge in [0.05, 0.1) is 0 Å². The van der Waals surface area contributed by atoms with Crippen LogP contribution >= 0.6 is 0 Å². The second-order valence-corrected chi connectivity index (χ2v) is 4.92. The summed E-state index contributed by atoms with van der Waals surface area (Å²) < 4.78 is 0. The lowest BCUT2D eigenvalue weighted by Crippen LogP contribution is -2.33. The van der Waals surface area contributed by atoms with Gasteiger partial charge >= 0.3 is 0 Å². The summed E-state index contributed by atoms with van der Waals surface area (Å²) >= 11 is 0. The van der Waals surface area contributed by atoms with Crippen molar-refractivity contribution in [1.29, 1.82) is 0 Å². The highest BCUT2D eigenvalue weighted by Crippen LogP contribution is 2.32. The molecule has 0 amide bonds. The van der Waals surface area contributed by atoms with Crippen molar-refractivity contribution in [2.45, 2.75) is 39.7 Å². The molecular formula is C12H20N4. The molecule has 1 aromatic rings. The fourth-order valence-electron chi connectivity index (χ4n) is 1.87. The van der Waals surface area contributed by atoms with Crippen molar-refractivity contribution in [3.8, 4) is 0 Å². The molecule has 1 aliphatic rings. The molecule has 2 rings (SSSR count). The van der Waals surface area contributed by atoms with Crippen molar-refractivity contribution < 1.29 is 0 Å². The molecule has 0 bridgehead atoms. The molecule has 1 aliphatic carbocycles. The van der Waals surface area contributed by atoms with E-state index in [-0.39, 0.29) is 0 Å². The van der Waals surface area contributed by atoms with Crippen LogP contribution in [0.15, 0.2) is 6.07 Å². The van der Waals surface area contributed by atoms with Crippen LogP contribution in [-0.4, -0.2) is 22.6 Å². The molecule has 0 spiro atoms. The van der Waals surface area contributed by atoms with Gasteiger partial charge in [0.1, 0.15) is 5.82 Å². The molecule has 0 radical (unpaired) electrons. The summed E-state index contributed by atoms with van der Waals surface area (Å²) in [7, 11) is 0. The molecule has 4 nitrogen and oxygen atoms in total. The molecule has 4 heteroatoms. The van der Waals surface area contributed by atoms with Gasteiger partial charge in [0.2, 0.25) is 5.95 Å². The van der Waals surface area contributed by atoms with E-state index < -0.39 is 0 Å². The summed E-state index contributed by atoms with van der Waals surface area (Å²) in [6.45, 7) is 7.43. The molecule has 0 aliphatic heterocycles. The molecule has 1 heterocycles. The van der Waals surface area contributed by atoms with Gasteiger partial charge in [-0.3, -0.25) is 0 Å². The monoisotopic (exact) mass is 220 g/mol. The Morgan fingerprint density at radius 2 is 2.12 bits per heavy atom. The topological polar surface area (TPSA) is 55.0 Å². The molecule has 1 aromatic heterocycles. The molecule has 0 aromatic carbocycles. The number of nitrogen functional groups attached to an aromatic ring is 1. The second kappa shape index (κ2) is 4.28. The van der Waals surface area contributed by atoms with Gasteiger partial charge in [0, 0.05) is 24.3 Å². The van der Waals surface area contributed by atoms with Crippen LogP contribution in [0, 0.1) is 12.8 Å². The van der Waals surface area contributed by atoms with Crippen LogP contribution < -0.4 is 10.6 Å². The van der Waals surface area contributed by atoms with Crippen molar-refractivity contribution >= 4 is 11.8 Å². The molecule has 0 unspecified atom stereocenters. The second-order valence-electron chi connectivity index (χ2n) is 4.92. The smallest absolute Gasteiger partial charge is 0.222 e. The number of anilines is 2. The lowest BCUT2D eigenvalue weighted by molar-refractivity contribution is 0.636. The summed E-state index contributed by atoms with van der Waals surface area (Å²) in [5, 5.41) is 0. The highest BCUT2D eigenvalue weighted by Gasteiger charge is 2.26. The summed E-state index contributed by atoms with van der Waals surface area (Å²) in [6, 6.07) is 2.47. The Morgan fingerprint density at radius 3 is 2.62 bits per heavy atom. The number of hydrogen-bond acceptors (Lipinski definition) is 4. The Hall–Kier alpha value is -1.32. The summed E-state index contributed by atoms with van der Waals surface area (Å²) in [6.07, 6.45) is 2.70. The van der Waals surface area contributed by atoms with E-state index in [1.807, 2.05) is 13.0 Å². The molecule has 0 atom stereocenters. The summed E-state index contributed by atoms with van der Waals surface area (Å²) in [5.74, 6) is 2.18. The van der Waals surface area contributed by atoms with Gasteiger partial charge in [-0.1, -0.05) is 0 Å². The molecule has 0 saturated heterocycles. The van der Waals surface area contributed by atoms with Gasteiger partial charge in [0.25, 0.3) is 0 Å². The first kappa shape index (κ1) is 11.2. The number of aromatic nitrogens is 2. The molecule has 88 valence electrons. The molecular weight excluding hydrogens is 200 g/mol. The number of aryl methyl sites for hydroxylation is 1. The van der Waals surface area contributed by atoms with Crippen LogP contribution in [0.4, 0.5) is 11.8 Å². The molecule has 2 N–H and O–H groups in total. The quantitative estimate of drug-likeness (QED) is 0.843. The molecule has 1 saturated carbocycles. The van der Waals surface area contributed by atoms with E-state index in [2.05, 4.69) is 28.7 Å². The fourth-order valence-corrected chi connectivity index (χ4v) is 1.87. The van der Waals surface area contributed by atoms with Gasteiger partial charge in [-0.2, -0.15) is 4.98 Å². The number of hydrogen-bond donors (Lipinski definition) is 1. The van der Waals surface area contributed by atoms with E-state index in [9.17, 15) is 0 Å². The Labute approximate surface area is 96.9 Å². The minimum absolute atomic E-state index is 0.372. The largest absolute Gasteiger partial charge is 0.368 e. The standard InChI is InChI=1S/C12H20N4/c1-8(2)16(7-10-4-5-10)11-6-9(3)14-12(13)15-11/h6,8,10H,4-5,7H2,1-3H3,(H2,13,14,15). The molecule has 1 fully saturated rings. The summed E-state index contributed by atoms with van der Waals surface area (Å²) in [4.78, 5) is 10.8. The maximum atomic E-state index is 5.69. The van der Waals surface area contributed by atoms with Crippen LogP contribution in [-0.2, 0) is 0 Å². The fraction of sp³-hybridized carbons (Fsp3) is 0.667. The van der Waals surface area contributed by atoms with Crippen LogP contribution in [0.2, 0.25) is 0 Å². The third kappa shape index (κ3) is 2.62. The Balaban J connectivity index is 2.22. The first-order valence-corrected chi connectivity index (χ1v) is 5.94. The number of nitrogens with zero attached hydrogens (tertiary/aromatic N) is 3. The van der Waals surface area contributed by atoms with E-state index in [1.165, 1.54) is 12.8 Å². The maximum absolute atomic E-state index is 5.69. The van der Waals surface area contributed by atoms with E-state index in [1.54, 1.807) is 0 Å². The highest BCUT2D eigenvalue weighted by atomic mass is 15.2. The van der Waals surface area contributed by atoms with Crippen molar-refractivity contribution in [1.82, 2.24) is 9.97 Å². The van der Waals surface area contributed by atoms with Crippen molar-refractivity contribution in [2.24, 2.45) is 5.92 Å². The molecule has 16 heavy (non-hydrogen) atoms. The predicted molar refractivity (Wildman–Crippen MR) is 66.4 cm³/mol. The highest BCUT2D eigenvalue weighted by molar-refractivity contribution is 5.44. The predicted octanol–water partition coefficient (Wildman–Crippen LogP) is 1.99. The van der Waals surface area contributed by atoms with Crippen LogP contribution in [0.25, 0.3) is 0 Å². The van der Waals surface area contributed by atoms with E-state index in [4.69, 9.17) is 5.73 Å². The third-order valence-corrected chi connectivity index (χ3v) is 2.93. The van der Waals surface area contributed by atoms with Gasteiger partial charge in [-0.15, -0.1) is 0 Å². The van der Waals surface area contributed by atoms with Gasteiger partial charge < -0.3 is 10.6 Å². The first-order chi connectivity index (χ1) is 7.56. The van der Waals surface area contributed by atoms with Crippen molar-refractivity contribution in [2.75, 3.05) is 17.2 Å². The van der Waals surface area contributed by atoms with Crippen LogP contribution in [0.5, 0.6) is 0 Å². The van der Waals surface area contributed by atoms with Gasteiger partial charge in [-0.05, 0) is 39.5 Å². The minimum Gasteiger partial charge on any atom is -0.368 e. The SMILES string of the molecule is Cc1cc(N(CC2CC2)C(C)C)nc(N)n1. The Kier molecular flexibility index (Phi) is 2.99. The van der Waals surface area contributed by atoms with Crippen LogP contribution in [0.3, 0.4) is 0 Å². The van der Waals surface area contributed by atoms with E-state index in [0.717, 1.165) is 24.0 Å². The Bertz CT molecular complexity index is 351. The summed E-state index contributed by atoms with van der Waals surface area (Å²) in [5.41, 5.74) is 6.63. The normalized spacial score (nSPS) is 15.5.